The third-order valence-corrected chi connectivity index (χ3v) is 2.72. The molecule has 0 aromatic heterocycles. The first-order valence-electron chi connectivity index (χ1n) is 5.81. The van der Waals surface area contributed by atoms with Crippen LogP contribution in [0.4, 0.5) is 0 Å². The molecule has 1 rings (SSSR count). The second-order valence-electron chi connectivity index (χ2n) is 4.55. The summed E-state index contributed by atoms with van der Waals surface area (Å²) in [4.78, 5) is 0. The first kappa shape index (κ1) is 15.7. The standard InChI is InChI=1S/C14H18O4S/c1-14(2,10-7-11-18-19(3,15)16)17-12-13-8-5-4-6-9-13/h4-6,8-9H,11-12H2,1-3H3. The van der Waals surface area contributed by atoms with Crippen LogP contribution in [-0.4, -0.2) is 26.9 Å². The second-order valence-corrected chi connectivity index (χ2v) is 6.20. The molecule has 5 heteroatoms. The van der Waals surface area contributed by atoms with E-state index < -0.39 is 15.7 Å². The first-order chi connectivity index (χ1) is 8.79. The Morgan fingerprint density at radius 3 is 2.42 bits per heavy atom. The van der Waals surface area contributed by atoms with Gasteiger partial charge in [0.2, 0.25) is 0 Å². The van der Waals surface area contributed by atoms with Gasteiger partial charge in [0, 0.05) is 0 Å². The SMILES string of the molecule is CC(C)(C#CCOS(C)(=O)=O)OCc1ccccc1. The predicted molar refractivity (Wildman–Crippen MR) is 73.9 cm³/mol. The van der Waals surface area contributed by atoms with Gasteiger partial charge >= 0.3 is 0 Å². The molecule has 0 N–H and O–H groups in total. The highest BCUT2D eigenvalue weighted by Crippen LogP contribution is 2.11. The maximum absolute atomic E-state index is 10.7. The van der Waals surface area contributed by atoms with Crippen molar-refractivity contribution < 1.29 is 17.3 Å². The summed E-state index contributed by atoms with van der Waals surface area (Å²) in [6, 6.07) is 9.76. The number of rotatable bonds is 5. The van der Waals surface area contributed by atoms with Gasteiger partial charge in [0.25, 0.3) is 10.1 Å². The van der Waals surface area contributed by atoms with Crippen LogP contribution < -0.4 is 0 Å². The Morgan fingerprint density at radius 1 is 1.21 bits per heavy atom. The average molecular weight is 282 g/mol. The van der Waals surface area contributed by atoms with Crippen LogP contribution in [0.15, 0.2) is 30.3 Å². The molecule has 0 fully saturated rings. The minimum Gasteiger partial charge on any atom is -0.358 e. The van der Waals surface area contributed by atoms with E-state index in [0.29, 0.717) is 6.61 Å². The van der Waals surface area contributed by atoms with Gasteiger partial charge in [-0.2, -0.15) is 8.42 Å². The Labute approximate surface area is 114 Å². The second kappa shape index (κ2) is 6.71. The normalized spacial score (nSPS) is 11.7. The zero-order valence-electron chi connectivity index (χ0n) is 11.3. The van der Waals surface area contributed by atoms with Crippen LogP contribution in [0.25, 0.3) is 0 Å². The van der Waals surface area contributed by atoms with Gasteiger partial charge < -0.3 is 4.74 Å². The van der Waals surface area contributed by atoms with Gasteiger partial charge in [0.05, 0.1) is 12.9 Å². The summed E-state index contributed by atoms with van der Waals surface area (Å²) in [5.74, 6) is 5.48. The molecule has 0 atom stereocenters. The monoisotopic (exact) mass is 282 g/mol. The third-order valence-electron chi connectivity index (χ3n) is 2.18. The van der Waals surface area contributed by atoms with Crippen LogP contribution in [0.3, 0.4) is 0 Å². The zero-order chi connectivity index (χ0) is 14.4. The Hall–Kier alpha value is -1.35. The summed E-state index contributed by atoms with van der Waals surface area (Å²) in [6.07, 6.45) is 0.992. The Bertz CT molecular complexity index is 550. The van der Waals surface area contributed by atoms with Crippen LogP contribution in [0.5, 0.6) is 0 Å². The molecule has 19 heavy (non-hydrogen) atoms. The van der Waals surface area contributed by atoms with Crippen molar-refractivity contribution in [2.75, 3.05) is 12.9 Å². The largest absolute Gasteiger partial charge is 0.358 e. The molecule has 0 saturated carbocycles. The molecule has 0 aliphatic heterocycles. The van der Waals surface area contributed by atoms with E-state index >= 15 is 0 Å². The highest BCUT2D eigenvalue weighted by atomic mass is 32.2. The van der Waals surface area contributed by atoms with Gasteiger partial charge in [-0.3, -0.25) is 4.18 Å². The summed E-state index contributed by atoms with van der Waals surface area (Å²) < 4.78 is 31.7. The lowest BCUT2D eigenvalue weighted by atomic mass is 10.1. The third kappa shape index (κ3) is 7.62. The highest BCUT2D eigenvalue weighted by Gasteiger charge is 2.14. The lowest BCUT2D eigenvalue weighted by molar-refractivity contribution is 0.0143. The minimum absolute atomic E-state index is 0.156. The van der Waals surface area contributed by atoms with Gasteiger partial charge in [-0.05, 0) is 19.4 Å². The average Bonchev–Trinajstić information content (AvgIpc) is 2.33. The molecule has 0 radical (unpaired) electrons. The zero-order valence-corrected chi connectivity index (χ0v) is 12.2. The minimum atomic E-state index is -3.44. The van der Waals surface area contributed by atoms with Crippen molar-refractivity contribution in [3.8, 4) is 11.8 Å². The number of hydrogen-bond acceptors (Lipinski definition) is 4. The summed E-state index contributed by atoms with van der Waals surface area (Å²) >= 11 is 0. The van der Waals surface area contributed by atoms with Gasteiger partial charge in [-0.25, -0.2) is 0 Å². The topological polar surface area (TPSA) is 52.6 Å². The molecule has 0 amide bonds. The lowest BCUT2D eigenvalue weighted by Gasteiger charge is -2.18. The van der Waals surface area contributed by atoms with Crippen molar-refractivity contribution in [1.29, 1.82) is 0 Å². The molecule has 104 valence electrons. The van der Waals surface area contributed by atoms with Gasteiger partial charge in [0.1, 0.15) is 12.2 Å². The van der Waals surface area contributed by atoms with E-state index in [1.54, 1.807) is 0 Å². The van der Waals surface area contributed by atoms with E-state index in [1.807, 2.05) is 44.2 Å². The molecule has 1 aromatic rings. The van der Waals surface area contributed by atoms with E-state index in [0.717, 1.165) is 11.8 Å². The smallest absolute Gasteiger partial charge is 0.265 e. The van der Waals surface area contributed by atoms with Gasteiger partial charge in [0.15, 0.2) is 0 Å². The van der Waals surface area contributed by atoms with Crippen LogP contribution in [0, 0.1) is 11.8 Å². The van der Waals surface area contributed by atoms with Crippen LogP contribution in [0.1, 0.15) is 19.4 Å². The highest BCUT2D eigenvalue weighted by molar-refractivity contribution is 7.85. The van der Waals surface area contributed by atoms with E-state index in [2.05, 4.69) is 16.0 Å². The van der Waals surface area contributed by atoms with Gasteiger partial charge in [-0.15, -0.1) is 0 Å². The molecule has 0 saturated heterocycles. The summed E-state index contributed by atoms with van der Waals surface area (Å²) in [7, 11) is -3.44. The van der Waals surface area contributed by atoms with Crippen molar-refractivity contribution in [2.24, 2.45) is 0 Å². The van der Waals surface area contributed by atoms with Crippen molar-refractivity contribution in [2.45, 2.75) is 26.1 Å². The maximum Gasteiger partial charge on any atom is 0.265 e. The van der Waals surface area contributed by atoms with E-state index in [-0.39, 0.29) is 6.61 Å². The number of benzene rings is 1. The van der Waals surface area contributed by atoms with Crippen molar-refractivity contribution >= 4 is 10.1 Å². The fourth-order valence-corrected chi connectivity index (χ4v) is 1.53. The quantitative estimate of drug-likeness (QED) is 0.612. The first-order valence-corrected chi connectivity index (χ1v) is 7.62. The summed E-state index contributed by atoms with van der Waals surface area (Å²) in [5, 5.41) is 0. The fraction of sp³-hybridized carbons (Fsp3) is 0.429. The van der Waals surface area contributed by atoms with Crippen LogP contribution >= 0.6 is 0 Å². The van der Waals surface area contributed by atoms with Gasteiger partial charge in [-0.1, -0.05) is 42.2 Å². The number of hydrogen-bond donors (Lipinski definition) is 0. The maximum atomic E-state index is 10.7. The molecule has 0 heterocycles. The summed E-state index contributed by atoms with van der Waals surface area (Å²) in [6.45, 7) is 3.94. The van der Waals surface area contributed by atoms with Crippen molar-refractivity contribution in [3.05, 3.63) is 35.9 Å². The Kier molecular flexibility index (Phi) is 5.55. The molecular weight excluding hydrogens is 264 g/mol. The fourth-order valence-electron chi connectivity index (χ4n) is 1.26. The van der Waals surface area contributed by atoms with Crippen molar-refractivity contribution in [3.63, 3.8) is 0 Å². The van der Waals surface area contributed by atoms with Crippen molar-refractivity contribution in [1.82, 2.24) is 0 Å². The molecule has 0 unspecified atom stereocenters. The van der Waals surface area contributed by atoms with Crippen LogP contribution in [0.2, 0.25) is 0 Å². The van der Waals surface area contributed by atoms with E-state index in [1.165, 1.54) is 0 Å². The lowest BCUT2D eigenvalue weighted by Crippen LogP contribution is -2.22. The molecule has 0 aliphatic rings. The Balaban J connectivity index is 2.46. The molecule has 0 aliphatic carbocycles. The molecular formula is C14H18O4S. The molecule has 1 aromatic carbocycles. The van der Waals surface area contributed by atoms with E-state index in [4.69, 9.17) is 4.74 Å². The number of ether oxygens (including phenoxy) is 1. The summed E-state index contributed by atoms with van der Waals surface area (Å²) in [5.41, 5.74) is 0.404. The predicted octanol–water partition coefficient (Wildman–Crippen LogP) is 1.96. The molecule has 0 bridgehead atoms. The van der Waals surface area contributed by atoms with E-state index in [9.17, 15) is 8.42 Å². The Morgan fingerprint density at radius 2 is 1.84 bits per heavy atom. The molecule has 4 nitrogen and oxygen atoms in total. The molecule has 0 spiro atoms. The van der Waals surface area contributed by atoms with Crippen LogP contribution in [-0.2, 0) is 25.6 Å².